The van der Waals surface area contributed by atoms with Crippen molar-refractivity contribution in [1.82, 2.24) is 10.2 Å². The monoisotopic (exact) mass is 318 g/mol. The predicted octanol–water partition coefficient (Wildman–Crippen LogP) is 2.16. The van der Waals surface area contributed by atoms with Crippen molar-refractivity contribution < 1.29 is 13.0 Å². The van der Waals surface area contributed by atoms with E-state index in [9.17, 15) is 13.2 Å². The van der Waals surface area contributed by atoms with Gasteiger partial charge in [0.1, 0.15) is 0 Å². The van der Waals surface area contributed by atoms with E-state index in [-0.39, 0.29) is 10.5 Å². The molecule has 3 rings (SSSR count). The molecule has 6 nitrogen and oxygen atoms in total. The minimum atomic E-state index is -4.02. The smallest absolute Gasteiger partial charge is 0.282 e. The first-order valence-electron chi connectivity index (χ1n) is 6.34. The second kappa shape index (κ2) is 6.50. The van der Waals surface area contributed by atoms with Crippen LogP contribution in [0.2, 0.25) is 0 Å². The van der Waals surface area contributed by atoms with E-state index >= 15 is 0 Å². The third kappa shape index (κ3) is 4.00. The second-order valence-corrected chi connectivity index (χ2v) is 6.00. The molecular formula is C15H14N2O4S. The van der Waals surface area contributed by atoms with Gasteiger partial charge in [-0.3, -0.25) is 9.35 Å². The van der Waals surface area contributed by atoms with Crippen molar-refractivity contribution in [2.75, 3.05) is 0 Å². The second-order valence-electron chi connectivity index (χ2n) is 4.57. The molecule has 0 atom stereocenters. The van der Waals surface area contributed by atoms with Crippen LogP contribution >= 0.6 is 0 Å². The van der Waals surface area contributed by atoms with Gasteiger partial charge in [-0.25, -0.2) is 5.10 Å². The number of nitrogens with one attached hydrogen (secondary N) is 1. The summed E-state index contributed by atoms with van der Waals surface area (Å²) in [7, 11) is -4.02. The lowest BCUT2D eigenvalue weighted by Gasteiger charge is -1.95. The Morgan fingerprint density at radius 2 is 1.68 bits per heavy atom. The van der Waals surface area contributed by atoms with Crippen molar-refractivity contribution >= 4 is 20.9 Å². The first kappa shape index (κ1) is 15.9. The molecule has 0 bridgehead atoms. The Morgan fingerprint density at radius 3 is 2.27 bits per heavy atom. The van der Waals surface area contributed by atoms with E-state index in [2.05, 4.69) is 10.2 Å². The molecule has 7 heteroatoms. The summed E-state index contributed by atoms with van der Waals surface area (Å²) in [5.41, 5.74) is 0.820. The quantitative estimate of drug-likeness (QED) is 0.670. The first-order chi connectivity index (χ1) is 10.4. The number of aryl methyl sites for hydroxylation is 1. The van der Waals surface area contributed by atoms with Crippen LogP contribution in [-0.2, 0) is 10.1 Å². The predicted molar refractivity (Wildman–Crippen MR) is 83.4 cm³/mol. The van der Waals surface area contributed by atoms with E-state index in [1.165, 1.54) is 12.1 Å². The molecule has 0 aliphatic heterocycles. The standard InChI is InChI=1S/C8H6N2O.C7H8O3S/c11-8-7-4-2-1-3-6(7)5-9-10-8;1-6-2-4-7(5-3-6)11(8,9)10/h1-5H,(H,10,11);2-5H,1H3,(H,8,9,10). The molecule has 0 aliphatic carbocycles. The molecule has 0 aliphatic rings. The van der Waals surface area contributed by atoms with E-state index in [1.807, 2.05) is 25.1 Å². The van der Waals surface area contributed by atoms with Crippen molar-refractivity contribution in [1.29, 1.82) is 0 Å². The number of aromatic amines is 1. The Labute approximate surface area is 127 Å². The van der Waals surface area contributed by atoms with Gasteiger partial charge >= 0.3 is 0 Å². The zero-order chi connectivity index (χ0) is 16.2. The zero-order valence-corrected chi connectivity index (χ0v) is 12.5. The minimum absolute atomic E-state index is 0.0666. The van der Waals surface area contributed by atoms with Gasteiger partial charge < -0.3 is 0 Å². The highest BCUT2D eigenvalue weighted by molar-refractivity contribution is 7.85. The van der Waals surface area contributed by atoms with Gasteiger partial charge in [-0.2, -0.15) is 13.5 Å². The molecule has 2 N–H and O–H groups in total. The molecule has 3 aromatic rings. The Hall–Kier alpha value is -2.51. The highest BCUT2D eigenvalue weighted by Gasteiger charge is 2.06. The van der Waals surface area contributed by atoms with Crippen LogP contribution < -0.4 is 5.56 Å². The van der Waals surface area contributed by atoms with Gasteiger partial charge in [0.15, 0.2) is 0 Å². The number of H-pyrrole nitrogens is 1. The van der Waals surface area contributed by atoms with Gasteiger partial charge in [-0.15, -0.1) is 0 Å². The highest BCUT2D eigenvalue weighted by Crippen LogP contribution is 2.08. The largest absolute Gasteiger partial charge is 0.294 e. The van der Waals surface area contributed by atoms with E-state index in [4.69, 9.17) is 4.55 Å². The van der Waals surface area contributed by atoms with Crippen molar-refractivity contribution in [3.63, 3.8) is 0 Å². The van der Waals surface area contributed by atoms with Crippen LogP contribution in [0.1, 0.15) is 5.56 Å². The van der Waals surface area contributed by atoms with E-state index in [1.54, 1.807) is 24.4 Å². The number of nitrogens with zero attached hydrogens (tertiary/aromatic N) is 1. The highest BCUT2D eigenvalue weighted by atomic mass is 32.2. The SMILES string of the molecule is Cc1ccc(S(=O)(=O)O)cc1.O=c1[nH]ncc2ccccc12. The van der Waals surface area contributed by atoms with E-state index < -0.39 is 10.1 Å². The summed E-state index contributed by atoms with van der Waals surface area (Å²) in [5, 5.41) is 7.60. The molecule has 0 fully saturated rings. The van der Waals surface area contributed by atoms with Gasteiger partial charge in [-0.05, 0) is 25.1 Å². The van der Waals surface area contributed by atoms with Gasteiger partial charge in [-0.1, -0.05) is 35.9 Å². The van der Waals surface area contributed by atoms with Crippen molar-refractivity contribution in [2.45, 2.75) is 11.8 Å². The number of rotatable bonds is 1. The molecule has 1 aromatic heterocycles. The van der Waals surface area contributed by atoms with Crippen LogP contribution in [0.4, 0.5) is 0 Å². The lowest BCUT2D eigenvalue weighted by Crippen LogP contribution is -2.06. The average Bonchev–Trinajstić information content (AvgIpc) is 2.48. The maximum atomic E-state index is 11.1. The number of hydrogen-bond donors (Lipinski definition) is 2. The molecule has 0 radical (unpaired) electrons. The fourth-order valence-corrected chi connectivity index (χ4v) is 2.23. The van der Waals surface area contributed by atoms with Crippen LogP contribution in [0.15, 0.2) is 64.4 Å². The van der Waals surface area contributed by atoms with E-state index in [0.717, 1.165) is 10.9 Å². The first-order valence-corrected chi connectivity index (χ1v) is 7.78. The lowest BCUT2D eigenvalue weighted by atomic mass is 10.2. The Kier molecular flexibility index (Phi) is 4.69. The van der Waals surface area contributed by atoms with Crippen LogP contribution in [0.5, 0.6) is 0 Å². The van der Waals surface area contributed by atoms with Crippen LogP contribution in [-0.4, -0.2) is 23.2 Å². The number of benzene rings is 2. The molecule has 0 unspecified atom stereocenters. The summed E-state index contributed by atoms with van der Waals surface area (Å²) in [6.45, 7) is 1.84. The Morgan fingerprint density at radius 1 is 1.05 bits per heavy atom. The third-order valence-corrected chi connectivity index (χ3v) is 3.76. The number of fused-ring (bicyclic) bond motifs is 1. The summed E-state index contributed by atoms with van der Waals surface area (Å²) >= 11 is 0. The molecule has 1 heterocycles. The number of aromatic nitrogens is 2. The fraction of sp³-hybridized carbons (Fsp3) is 0.0667. The molecule has 114 valence electrons. The molecule has 22 heavy (non-hydrogen) atoms. The Bertz CT molecular complexity index is 926. The van der Waals surface area contributed by atoms with Gasteiger partial charge in [0.05, 0.1) is 11.1 Å². The molecule has 0 saturated carbocycles. The number of hydrogen-bond acceptors (Lipinski definition) is 4. The molecule has 0 saturated heterocycles. The Balaban J connectivity index is 0.000000160. The van der Waals surface area contributed by atoms with Gasteiger partial charge in [0, 0.05) is 10.8 Å². The molecule has 0 amide bonds. The summed E-state index contributed by atoms with van der Waals surface area (Å²) in [5.74, 6) is 0. The fourth-order valence-electron chi connectivity index (χ4n) is 1.75. The molecule has 0 spiro atoms. The van der Waals surface area contributed by atoms with Crippen LogP contribution in [0, 0.1) is 6.92 Å². The summed E-state index contributed by atoms with van der Waals surface area (Å²) < 4.78 is 29.6. The van der Waals surface area contributed by atoms with E-state index in [0.29, 0.717) is 5.39 Å². The topological polar surface area (TPSA) is 100 Å². The minimum Gasteiger partial charge on any atom is -0.282 e. The van der Waals surface area contributed by atoms with Crippen LogP contribution in [0.25, 0.3) is 10.8 Å². The maximum Gasteiger partial charge on any atom is 0.294 e. The maximum absolute atomic E-state index is 11.1. The third-order valence-electron chi connectivity index (χ3n) is 2.89. The molecular weight excluding hydrogens is 304 g/mol. The normalized spacial score (nSPS) is 10.8. The average molecular weight is 318 g/mol. The van der Waals surface area contributed by atoms with Gasteiger partial charge in [0.25, 0.3) is 15.7 Å². The van der Waals surface area contributed by atoms with Crippen molar-refractivity contribution in [3.8, 4) is 0 Å². The summed E-state index contributed by atoms with van der Waals surface area (Å²) in [4.78, 5) is 11.0. The lowest BCUT2D eigenvalue weighted by molar-refractivity contribution is 0.483. The van der Waals surface area contributed by atoms with Crippen molar-refractivity contribution in [2.24, 2.45) is 0 Å². The summed E-state index contributed by atoms with van der Waals surface area (Å²) in [6.07, 6.45) is 1.64. The van der Waals surface area contributed by atoms with Gasteiger partial charge in [0.2, 0.25) is 0 Å². The zero-order valence-electron chi connectivity index (χ0n) is 11.7. The van der Waals surface area contributed by atoms with Crippen LogP contribution in [0.3, 0.4) is 0 Å². The van der Waals surface area contributed by atoms with Crippen molar-refractivity contribution in [3.05, 3.63) is 70.6 Å². The molecule has 2 aromatic carbocycles. The summed E-state index contributed by atoms with van der Waals surface area (Å²) in [6, 6.07) is 13.3.